The van der Waals surface area contributed by atoms with Gasteiger partial charge in [0.15, 0.2) is 0 Å². The first kappa shape index (κ1) is 10.7. The van der Waals surface area contributed by atoms with Crippen LogP contribution in [-0.4, -0.2) is 16.5 Å². The summed E-state index contributed by atoms with van der Waals surface area (Å²) in [6.07, 6.45) is 4.80. The van der Waals surface area contributed by atoms with Gasteiger partial charge in [-0.05, 0) is 6.92 Å². The fourth-order valence-corrected chi connectivity index (χ4v) is 2.66. The molecule has 2 aromatic rings. The maximum Gasteiger partial charge on any atom is 0.0937 e. The summed E-state index contributed by atoms with van der Waals surface area (Å²) in [7, 11) is 0. The fraction of sp³-hybridized carbons (Fsp3) is 0.400. The predicted octanol–water partition coefficient (Wildman–Crippen LogP) is 2.24. The van der Waals surface area contributed by atoms with Crippen LogP contribution in [0.5, 0.6) is 0 Å². The molecule has 2 heterocycles. The lowest BCUT2D eigenvalue weighted by Crippen LogP contribution is -2.15. The Morgan fingerprint density at radius 3 is 3.00 bits per heavy atom. The van der Waals surface area contributed by atoms with Crippen LogP contribution in [-0.2, 0) is 13.0 Å². The highest BCUT2D eigenvalue weighted by Gasteiger charge is 1.98. The molecule has 0 bridgehead atoms. The maximum atomic E-state index is 4.23. The van der Waals surface area contributed by atoms with Crippen molar-refractivity contribution in [2.24, 2.45) is 0 Å². The van der Waals surface area contributed by atoms with Crippen LogP contribution >= 0.6 is 22.7 Å². The van der Waals surface area contributed by atoms with Gasteiger partial charge in [0.05, 0.1) is 10.0 Å². The van der Waals surface area contributed by atoms with Crippen molar-refractivity contribution in [3.8, 4) is 0 Å². The molecule has 80 valence electrons. The van der Waals surface area contributed by atoms with Gasteiger partial charge in [0.2, 0.25) is 0 Å². The molecule has 2 rings (SSSR count). The summed E-state index contributed by atoms with van der Waals surface area (Å²) in [5, 5.41) is 7.73. The minimum Gasteiger partial charge on any atom is -0.311 e. The van der Waals surface area contributed by atoms with Crippen molar-refractivity contribution >= 4 is 22.7 Å². The Labute approximate surface area is 97.2 Å². The monoisotopic (exact) mass is 239 g/mol. The second-order valence-corrected chi connectivity index (χ2v) is 5.50. The van der Waals surface area contributed by atoms with Crippen LogP contribution in [0.15, 0.2) is 17.8 Å². The lowest BCUT2D eigenvalue weighted by molar-refractivity contribution is 0.691. The van der Waals surface area contributed by atoms with Crippen LogP contribution in [0.1, 0.15) is 14.9 Å². The van der Waals surface area contributed by atoms with Crippen LogP contribution in [0.2, 0.25) is 0 Å². The normalized spacial score (nSPS) is 10.7. The number of hydrogen-bond acceptors (Lipinski definition) is 5. The van der Waals surface area contributed by atoms with E-state index in [1.54, 1.807) is 22.7 Å². The van der Waals surface area contributed by atoms with E-state index in [2.05, 4.69) is 15.3 Å². The first-order valence-electron chi connectivity index (χ1n) is 4.85. The average molecular weight is 239 g/mol. The molecule has 3 nitrogen and oxygen atoms in total. The lowest BCUT2D eigenvalue weighted by atomic mass is 10.4. The third-order valence-electron chi connectivity index (χ3n) is 1.97. The number of thiazole rings is 2. The number of hydrogen-bond donors (Lipinski definition) is 1. The van der Waals surface area contributed by atoms with E-state index in [1.165, 1.54) is 9.88 Å². The first-order chi connectivity index (χ1) is 7.34. The summed E-state index contributed by atoms with van der Waals surface area (Å²) < 4.78 is 0. The standard InChI is InChI=1S/C10H13N3S2/c1-8-13-7-9(15-8)6-11-3-2-10-12-4-5-14-10/h4-5,7,11H,2-3,6H2,1H3. The van der Waals surface area contributed by atoms with Gasteiger partial charge in [0, 0.05) is 42.2 Å². The maximum absolute atomic E-state index is 4.23. The Balaban J connectivity index is 1.67. The predicted molar refractivity (Wildman–Crippen MR) is 64.4 cm³/mol. The van der Waals surface area contributed by atoms with E-state index >= 15 is 0 Å². The molecule has 0 fully saturated rings. The highest BCUT2D eigenvalue weighted by Crippen LogP contribution is 2.10. The van der Waals surface area contributed by atoms with Crippen LogP contribution in [0.25, 0.3) is 0 Å². The molecule has 1 N–H and O–H groups in total. The van der Waals surface area contributed by atoms with E-state index in [-0.39, 0.29) is 0 Å². The van der Waals surface area contributed by atoms with Gasteiger partial charge >= 0.3 is 0 Å². The van der Waals surface area contributed by atoms with Crippen LogP contribution < -0.4 is 5.32 Å². The Bertz CT molecular complexity index is 394. The largest absolute Gasteiger partial charge is 0.311 e. The average Bonchev–Trinajstić information content (AvgIpc) is 2.84. The van der Waals surface area contributed by atoms with Crippen molar-refractivity contribution in [3.63, 3.8) is 0 Å². The number of rotatable bonds is 5. The molecular formula is C10H13N3S2. The SMILES string of the molecule is Cc1ncc(CNCCc2nccs2)s1. The molecule has 0 aliphatic heterocycles. The summed E-state index contributed by atoms with van der Waals surface area (Å²) >= 11 is 3.46. The van der Waals surface area contributed by atoms with Crippen LogP contribution in [0, 0.1) is 6.92 Å². The van der Waals surface area contributed by atoms with Gasteiger partial charge < -0.3 is 5.32 Å². The molecule has 0 saturated carbocycles. The molecule has 0 spiro atoms. The smallest absolute Gasteiger partial charge is 0.0937 e. The van der Waals surface area contributed by atoms with Crippen molar-refractivity contribution in [1.82, 2.24) is 15.3 Å². The number of aryl methyl sites for hydroxylation is 1. The van der Waals surface area contributed by atoms with Crippen LogP contribution in [0.4, 0.5) is 0 Å². The van der Waals surface area contributed by atoms with E-state index in [9.17, 15) is 0 Å². The molecule has 0 aliphatic carbocycles. The number of nitrogens with zero attached hydrogens (tertiary/aromatic N) is 2. The summed E-state index contributed by atoms with van der Waals surface area (Å²) in [6, 6.07) is 0. The molecule has 0 aromatic carbocycles. The van der Waals surface area contributed by atoms with E-state index in [0.29, 0.717) is 0 Å². The Hall–Kier alpha value is -0.780. The molecule has 0 atom stereocenters. The number of nitrogens with one attached hydrogen (secondary N) is 1. The van der Waals surface area contributed by atoms with Crippen molar-refractivity contribution in [2.75, 3.05) is 6.54 Å². The van der Waals surface area contributed by atoms with E-state index in [1.807, 2.05) is 24.7 Å². The molecule has 5 heteroatoms. The Kier molecular flexibility index (Phi) is 3.82. The van der Waals surface area contributed by atoms with Crippen LogP contribution in [0.3, 0.4) is 0 Å². The Morgan fingerprint density at radius 1 is 1.40 bits per heavy atom. The van der Waals surface area contributed by atoms with E-state index in [4.69, 9.17) is 0 Å². The zero-order chi connectivity index (χ0) is 10.5. The molecular weight excluding hydrogens is 226 g/mol. The summed E-state index contributed by atoms with van der Waals surface area (Å²) in [6.45, 7) is 3.92. The molecule has 0 aliphatic rings. The Morgan fingerprint density at radius 2 is 2.33 bits per heavy atom. The quantitative estimate of drug-likeness (QED) is 0.813. The second kappa shape index (κ2) is 5.34. The fourth-order valence-electron chi connectivity index (χ4n) is 1.27. The summed E-state index contributed by atoms with van der Waals surface area (Å²) in [5.41, 5.74) is 0. The van der Waals surface area contributed by atoms with Gasteiger partial charge in [0.1, 0.15) is 0 Å². The van der Waals surface area contributed by atoms with Gasteiger partial charge in [-0.15, -0.1) is 22.7 Å². The zero-order valence-corrected chi connectivity index (χ0v) is 10.2. The molecule has 0 saturated heterocycles. The highest BCUT2D eigenvalue weighted by molar-refractivity contribution is 7.11. The molecule has 0 radical (unpaired) electrons. The molecule has 2 aromatic heterocycles. The van der Waals surface area contributed by atoms with Crippen molar-refractivity contribution < 1.29 is 0 Å². The van der Waals surface area contributed by atoms with E-state index < -0.39 is 0 Å². The zero-order valence-electron chi connectivity index (χ0n) is 8.56. The van der Waals surface area contributed by atoms with Crippen molar-refractivity contribution in [1.29, 1.82) is 0 Å². The molecule has 0 amide bonds. The molecule has 0 unspecified atom stereocenters. The van der Waals surface area contributed by atoms with Gasteiger partial charge in [0.25, 0.3) is 0 Å². The summed E-state index contributed by atoms with van der Waals surface area (Å²) in [5.74, 6) is 0. The van der Waals surface area contributed by atoms with Gasteiger partial charge in [-0.2, -0.15) is 0 Å². The minimum absolute atomic E-state index is 0.914. The number of aromatic nitrogens is 2. The third-order valence-corrected chi connectivity index (χ3v) is 3.72. The van der Waals surface area contributed by atoms with Crippen molar-refractivity contribution in [2.45, 2.75) is 19.9 Å². The van der Waals surface area contributed by atoms with E-state index in [0.717, 1.165) is 24.5 Å². The summed E-state index contributed by atoms with van der Waals surface area (Å²) in [4.78, 5) is 9.74. The first-order valence-corrected chi connectivity index (χ1v) is 6.54. The highest BCUT2D eigenvalue weighted by atomic mass is 32.1. The minimum atomic E-state index is 0.914. The topological polar surface area (TPSA) is 37.8 Å². The van der Waals surface area contributed by atoms with Gasteiger partial charge in [-0.1, -0.05) is 0 Å². The van der Waals surface area contributed by atoms with Gasteiger partial charge in [-0.3, -0.25) is 0 Å². The van der Waals surface area contributed by atoms with Crippen molar-refractivity contribution in [3.05, 3.63) is 32.7 Å². The lowest BCUT2D eigenvalue weighted by Gasteiger charge is -1.99. The molecule has 15 heavy (non-hydrogen) atoms. The second-order valence-electron chi connectivity index (χ2n) is 3.20. The van der Waals surface area contributed by atoms with Gasteiger partial charge in [-0.25, -0.2) is 9.97 Å². The third kappa shape index (κ3) is 3.37.